The summed E-state index contributed by atoms with van der Waals surface area (Å²) in [5.41, 5.74) is 0.833. The maximum absolute atomic E-state index is 11.0. The molecule has 0 spiro atoms. The van der Waals surface area contributed by atoms with E-state index >= 15 is 0 Å². The monoisotopic (exact) mass is 310 g/mol. The maximum Gasteiger partial charge on any atom is 0.309 e. The molecule has 1 N–H and O–H groups in total. The van der Waals surface area contributed by atoms with Crippen molar-refractivity contribution in [3.63, 3.8) is 0 Å². The lowest BCUT2D eigenvalue weighted by Crippen LogP contribution is -2.67. The van der Waals surface area contributed by atoms with Gasteiger partial charge in [-0.2, -0.15) is 0 Å². The first-order valence-electron chi connectivity index (χ1n) is 6.07. The van der Waals surface area contributed by atoms with Crippen molar-refractivity contribution in [1.82, 2.24) is 0 Å². The molecule has 3 aliphatic carbocycles. The summed E-state index contributed by atoms with van der Waals surface area (Å²) in [5, 5.41) is 9.06. The molecule has 3 aliphatic rings. The second-order valence-corrected chi connectivity index (χ2v) is 6.73. The van der Waals surface area contributed by atoms with Crippen LogP contribution in [0.15, 0.2) is 22.7 Å². The normalized spacial score (nSPS) is 32.3. The Labute approximate surface area is 114 Å². The molecule has 1 aromatic carbocycles. The van der Waals surface area contributed by atoms with Gasteiger partial charge in [-0.3, -0.25) is 4.79 Å². The Balaban J connectivity index is 1.60. The molecule has 0 aromatic heterocycles. The number of ether oxygens (including phenoxy) is 1. The summed E-state index contributed by atoms with van der Waals surface area (Å²) in [6.45, 7) is 2.66. The van der Waals surface area contributed by atoms with Crippen LogP contribution in [0.4, 0.5) is 0 Å². The minimum absolute atomic E-state index is 0.137. The first-order valence-corrected chi connectivity index (χ1v) is 6.87. The highest BCUT2D eigenvalue weighted by atomic mass is 79.9. The van der Waals surface area contributed by atoms with Crippen molar-refractivity contribution < 1.29 is 14.6 Å². The number of hydrogen-bond donors (Lipinski definition) is 1. The number of rotatable bonds is 4. The molecule has 0 unspecified atom stereocenters. The van der Waals surface area contributed by atoms with E-state index in [9.17, 15) is 4.79 Å². The number of benzene rings is 1. The predicted octanol–water partition coefficient (Wildman–Crippen LogP) is 3.39. The summed E-state index contributed by atoms with van der Waals surface area (Å²) in [5.74, 6) is 0.261. The van der Waals surface area contributed by atoms with E-state index in [2.05, 4.69) is 15.9 Å². The van der Waals surface area contributed by atoms with Gasteiger partial charge in [0.2, 0.25) is 0 Å². The van der Waals surface area contributed by atoms with Crippen LogP contribution in [0.25, 0.3) is 0 Å². The number of carboxylic acid groups (broad SMARTS) is 1. The first kappa shape index (κ1) is 12.0. The maximum atomic E-state index is 11.0. The van der Waals surface area contributed by atoms with Crippen LogP contribution in [0, 0.1) is 17.8 Å². The van der Waals surface area contributed by atoms with Gasteiger partial charge in [-0.25, -0.2) is 0 Å². The average molecular weight is 311 g/mol. The van der Waals surface area contributed by atoms with E-state index in [4.69, 9.17) is 9.84 Å². The van der Waals surface area contributed by atoms with Crippen LogP contribution in [-0.2, 0) is 4.79 Å². The standard InChI is InChI=1S/C14H15BrO3/c1-9-4-10(15)2-3-11(9)18-8-13-5-14(6-13,7-13)12(16)17/h2-4H,5-8H2,1H3,(H,16,17). The summed E-state index contributed by atoms with van der Waals surface area (Å²) < 4.78 is 6.89. The third-order valence-electron chi connectivity index (χ3n) is 4.26. The number of aryl methyl sites for hydroxylation is 1. The van der Waals surface area contributed by atoms with Crippen molar-refractivity contribution >= 4 is 21.9 Å². The van der Waals surface area contributed by atoms with Gasteiger partial charge < -0.3 is 9.84 Å². The molecule has 4 heteroatoms. The Morgan fingerprint density at radius 3 is 2.67 bits per heavy atom. The first-order chi connectivity index (χ1) is 8.45. The number of halogens is 1. The van der Waals surface area contributed by atoms with Gasteiger partial charge in [0.25, 0.3) is 0 Å². The van der Waals surface area contributed by atoms with Crippen molar-refractivity contribution in [3.8, 4) is 5.75 Å². The molecule has 0 radical (unpaired) electrons. The number of carbonyl (C=O) groups is 1. The van der Waals surface area contributed by atoms with Gasteiger partial charge in [-0.1, -0.05) is 15.9 Å². The van der Waals surface area contributed by atoms with Gasteiger partial charge in [0.15, 0.2) is 0 Å². The summed E-state index contributed by atoms with van der Waals surface area (Å²) >= 11 is 3.42. The Morgan fingerprint density at radius 2 is 2.11 bits per heavy atom. The van der Waals surface area contributed by atoms with E-state index in [1.54, 1.807) is 0 Å². The Hall–Kier alpha value is -1.03. The quantitative estimate of drug-likeness (QED) is 0.927. The van der Waals surface area contributed by atoms with E-state index in [1.807, 2.05) is 25.1 Å². The van der Waals surface area contributed by atoms with Gasteiger partial charge in [0.05, 0.1) is 12.0 Å². The summed E-state index contributed by atoms with van der Waals surface area (Å²) in [6, 6.07) is 5.94. The highest BCUT2D eigenvalue weighted by Crippen LogP contribution is 2.73. The second kappa shape index (κ2) is 3.73. The van der Waals surface area contributed by atoms with E-state index in [0.717, 1.165) is 35.0 Å². The number of carboxylic acids is 1. The van der Waals surface area contributed by atoms with Gasteiger partial charge in [-0.05, 0) is 49.9 Å². The minimum Gasteiger partial charge on any atom is -0.493 e. The molecule has 2 bridgehead atoms. The molecular formula is C14H15BrO3. The van der Waals surface area contributed by atoms with Crippen LogP contribution in [0.5, 0.6) is 5.75 Å². The second-order valence-electron chi connectivity index (χ2n) is 5.81. The third kappa shape index (κ3) is 1.66. The van der Waals surface area contributed by atoms with Crippen LogP contribution in [0.3, 0.4) is 0 Å². The Morgan fingerprint density at radius 1 is 1.44 bits per heavy atom. The smallest absolute Gasteiger partial charge is 0.309 e. The molecule has 1 aromatic rings. The van der Waals surface area contributed by atoms with Crippen molar-refractivity contribution in [3.05, 3.63) is 28.2 Å². The van der Waals surface area contributed by atoms with Gasteiger partial charge in [-0.15, -0.1) is 0 Å². The molecule has 0 saturated heterocycles. The molecule has 0 amide bonds. The zero-order chi connectivity index (χ0) is 13.0. The van der Waals surface area contributed by atoms with E-state index in [1.165, 1.54) is 0 Å². The van der Waals surface area contributed by atoms with Crippen LogP contribution in [0.2, 0.25) is 0 Å². The summed E-state index contributed by atoms with van der Waals surface area (Å²) in [6.07, 6.45) is 2.35. The average Bonchev–Trinajstić information content (AvgIpc) is 2.16. The Kier molecular flexibility index (Phi) is 2.49. The van der Waals surface area contributed by atoms with Gasteiger partial charge in [0, 0.05) is 9.89 Å². The van der Waals surface area contributed by atoms with E-state index in [0.29, 0.717) is 6.61 Å². The zero-order valence-electron chi connectivity index (χ0n) is 10.2. The molecule has 3 fully saturated rings. The van der Waals surface area contributed by atoms with E-state index < -0.39 is 11.4 Å². The summed E-state index contributed by atoms with van der Waals surface area (Å²) in [4.78, 5) is 11.0. The lowest BCUT2D eigenvalue weighted by Gasteiger charge is -2.67. The highest BCUT2D eigenvalue weighted by Gasteiger charge is 2.72. The topological polar surface area (TPSA) is 46.5 Å². The molecule has 3 nitrogen and oxygen atoms in total. The van der Waals surface area contributed by atoms with Crippen molar-refractivity contribution in [2.75, 3.05) is 6.61 Å². The van der Waals surface area contributed by atoms with Crippen molar-refractivity contribution in [2.24, 2.45) is 10.8 Å². The minimum atomic E-state index is -0.635. The number of hydrogen-bond acceptors (Lipinski definition) is 2. The summed E-state index contributed by atoms with van der Waals surface area (Å²) in [7, 11) is 0. The highest BCUT2D eigenvalue weighted by molar-refractivity contribution is 9.10. The van der Waals surface area contributed by atoms with Crippen molar-refractivity contribution in [1.29, 1.82) is 0 Å². The molecule has 0 atom stereocenters. The van der Waals surface area contributed by atoms with Crippen LogP contribution in [-0.4, -0.2) is 17.7 Å². The predicted molar refractivity (Wildman–Crippen MR) is 70.7 cm³/mol. The molecule has 96 valence electrons. The molecule has 3 saturated carbocycles. The van der Waals surface area contributed by atoms with E-state index in [-0.39, 0.29) is 5.41 Å². The molecule has 4 rings (SSSR count). The fourth-order valence-corrected chi connectivity index (χ4v) is 3.86. The molecular weight excluding hydrogens is 296 g/mol. The SMILES string of the molecule is Cc1cc(Br)ccc1OCC12CC(C(=O)O)(C1)C2. The molecule has 0 heterocycles. The fourth-order valence-electron chi connectivity index (χ4n) is 3.38. The molecule has 18 heavy (non-hydrogen) atoms. The Bertz CT molecular complexity index is 504. The third-order valence-corrected chi connectivity index (χ3v) is 4.76. The van der Waals surface area contributed by atoms with Gasteiger partial charge >= 0.3 is 5.97 Å². The largest absolute Gasteiger partial charge is 0.493 e. The lowest BCUT2D eigenvalue weighted by atomic mass is 9.35. The molecule has 0 aliphatic heterocycles. The zero-order valence-corrected chi connectivity index (χ0v) is 11.8. The fraction of sp³-hybridized carbons (Fsp3) is 0.500. The van der Waals surface area contributed by atoms with Crippen LogP contribution < -0.4 is 4.74 Å². The number of aliphatic carboxylic acids is 1. The van der Waals surface area contributed by atoms with Crippen molar-refractivity contribution in [2.45, 2.75) is 26.2 Å². The van der Waals surface area contributed by atoms with Gasteiger partial charge in [0.1, 0.15) is 5.75 Å². The van der Waals surface area contributed by atoms with Crippen LogP contribution in [0.1, 0.15) is 24.8 Å². The lowest BCUT2D eigenvalue weighted by molar-refractivity contribution is -0.231. The van der Waals surface area contributed by atoms with Crippen LogP contribution >= 0.6 is 15.9 Å².